The molecule has 0 spiro atoms. The van der Waals surface area contributed by atoms with Gasteiger partial charge < -0.3 is 15.0 Å². The highest BCUT2D eigenvalue weighted by atomic mass is 16.5. The van der Waals surface area contributed by atoms with Gasteiger partial charge in [-0.1, -0.05) is 18.2 Å². The van der Waals surface area contributed by atoms with E-state index in [-0.39, 0.29) is 6.04 Å². The van der Waals surface area contributed by atoms with E-state index in [4.69, 9.17) is 4.74 Å². The molecule has 0 bridgehead atoms. The maximum absolute atomic E-state index is 6.13. The molecule has 1 saturated carbocycles. The fourth-order valence-electron chi connectivity index (χ4n) is 4.75. The molecular weight excluding hydrogens is 350 g/mol. The van der Waals surface area contributed by atoms with E-state index in [1.165, 1.54) is 36.9 Å². The molecule has 0 amide bonds. The number of hydrogen-bond acceptors (Lipinski definition) is 5. The molecule has 1 saturated heterocycles. The summed E-state index contributed by atoms with van der Waals surface area (Å²) in [6.45, 7) is 3.00. The summed E-state index contributed by atoms with van der Waals surface area (Å²) in [7, 11) is 0. The van der Waals surface area contributed by atoms with E-state index < -0.39 is 0 Å². The van der Waals surface area contributed by atoms with E-state index in [0.29, 0.717) is 18.6 Å². The number of benzene rings is 1. The number of likely N-dealkylation sites (tertiary alicyclic amines) is 1. The van der Waals surface area contributed by atoms with E-state index in [1.54, 1.807) is 6.33 Å². The van der Waals surface area contributed by atoms with Crippen LogP contribution >= 0.6 is 0 Å². The summed E-state index contributed by atoms with van der Waals surface area (Å²) in [5.74, 6) is 2.57. The molecule has 0 radical (unpaired) electrons. The second-order valence-electron chi connectivity index (χ2n) is 8.26. The van der Waals surface area contributed by atoms with Gasteiger partial charge in [0.25, 0.3) is 0 Å². The summed E-state index contributed by atoms with van der Waals surface area (Å²) < 4.78 is 6.13. The number of aromatic nitrogens is 3. The molecule has 3 aromatic rings. The number of nitrogens with one attached hydrogen (secondary N) is 2. The molecular formula is C22H25N5O. The molecule has 144 valence electrons. The lowest BCUT2D eigenvalue weighted by atomic mass is 9.95. The molecule has 6 heteroatoms. The van der Waals surface area contributed by atoms with E-state index in [9.17, 15) is 0 Å². The minimum absolute atomic E-state index is 0.153. The van der Waals surface area contributed by atoms with Gasteiger partial charge in [0.1, 0.15) is 30.1 Å². The summed E-state index contributed by atoms with van der Waals surface area (Å²) in [4.78, 5) is 15.2. The first-order valence-corrected chi connectivity index (χ1v) is 10.4. The summed E-state index contributed by atoms with van der Waals surface area (Å²) in [6, 6.07) is 11.1. The third-order valence-corrected chi connectivity index (χ3v) is 6.41. The van der Waals surface area contributed by atoms with Crippen molar-refractivity contribution in [3.63, 3.8) is 0 Å². The van der Waals surface area contributed by atoms with Crippen molar-refractivity contribution in [3.05, 3.63) is 47.9 Å². The second kappa shape index (κ2) is 6.48. The van der Waals surface area contributed by atoms with Gasteiger partial charge >= 0.3 is 0 Å². The zero-order valence-electron chi connectivity index (χ0n) is 15.9. The quantitative estimate of drug-likeness (QED) is 0.725. The first-order valence-electron chi connectivity index (χ1n) is 10.4. The Hall–Kier alpha value is -2.60. The van der Waals surface area contributed by atoms with Crippen LogP contribution in [0.15, 0.2) is 36.7 Å². The van der Waals surface area contributed by atoms with Crippen molar-refractivity contribution in [2.45, 2.75) is 43.7 Å². The molecule has 2 fully saturated rings. The zero-order chi connectivity index (χ0) is 18.5. The van der Waals surface area contributed by atoms with Crippen molar-refractivity contribution in [2.24, 2.45) is 0 Å². The highest BCUT2D eigenvalue weighted by Crippen LogP contribution is 2.42. The fourth-order valence-corrected chi connectivity index (χ4v) is 4.75. The Morgan fingerprint density at radius 3 is 2.82 bits per heavy atom. The van der Waals surface area contributed by atoms with Gasteiger partial charge in [0, 0.05) is 11.3 Å². The van der Waals surface area contributed by atoms with Crippen molar-refractivity contribution in [2.75, 3.05) is 25.0 Å². The van der Waals surface area contributed by atoms with Gasteiger partial charge in [-0.05, 0) is 56.8 Å². The molecule has 4 heterocycles. The Balaban J connectivity index is 1.40. The van der Waals surface area contributed by atoms with Crippen molar-refractivity contribution in [1.82, 2.24) is 19.9 Å². The average Bonchev–Trinajstić information content (AvgIpc) is 3.25. The molecule has 2 atom stereocenters. The molecule has 6 rings (SSSR count). The van der Waals surface area contributed by atoms with Crippen LogP contribution in [0.4, 0.5) is 5.82 Å². The van der Waals surface area contributed by atoms with Gasteiger partial charge in [0.05, 0.1) is 17.5 Å². The van der Waals surface area contributed by atoms with Crippen LogP contribution < -0.4 is 10.1 Å². The van der Waals surface area contributed by atoms with Gasteiger partial charge in [-0.25, -0.2) is 9.97 Å². The highest BCUT2D eigenvalue weighted by Gasteiger charge is 2.36. The summed E-state index contributed by atoms with van der Waals surface area (Å²) >= 11 is 0. The standard InChI is InChI=1S/C22H25N5O/c1-2-6-19-15(5-1)20(18(12-28-19)27-9-3-4-10-27)26-22-16-11-17(14-7-8-14)25-21(16)23-13-24-22/h1-2,5-6,11,13-14,18,20H,3-4,7-10,12H2,(H2,23,24,25,26). The van der Waals surface area contributed by atoms with Crippen molar-refractivity contribution in [3.8, 4) is 5.75 Å². The summed E-state index contributed by atoms with van der Waals surface area (Å²) in [6.07, 6.45) is 6.74. The van der Waals surface area contributed by atoms with Crippen molar-refractivity contribution < 1.29 is 4.74 Å². The second-order valence-corrected chi connectivity index (χ2v) is 8.26. The molecule has 28 heavy (non-hydrogen) atoms. The third-order valence-electron chi connectivity index (χ3n) is 6.41. The van der Waals surface area contributed by atoms with Crippen molar-refractivity contribution in [1.29, 1.82) is 0 Å². The molecule has 1 aromatic carbocycles. The number of fused-ring (bicyclic) bond motifs is 2. The number of aromatic amines is 1. The third kappa shape index (κ3) is 2.75. The van der Waals surface area contributed by atoms with E-state index in [2.05, 4.69) is 49.4 Å². The molecule has 6 nitrogen and oxygen atoms in total. The Bertz CT molecular complexity index is 1010. The van der Waals surface area contributed by atoms with Crippen LogP contribution in [0.3, 0.4) is 0 Å². The minimum Gasteiger partial charge on any atom is -0.491 e. The number of rotatable bonds is 4. The first-order chi connectivity index (χ1) is 13.9. The van der Waals surface area contributed by atoms with Crippen molar-refractivity contribution >= 4 is 16.9 Å². The highest BCUT2D eigenvalue weighted by molar-refractivity contribution is 5.88. The molecule has 2 unspecified atom stereocenters. The van der Waals surface area contributed by atoms with Crippen LogP contribution in [0.2, 0.25) is 0 Å². The Kier molecular flexibility index (Phi) is 3.79. The Morgan fingerprint density at radius 2 is 1.96 bits per heavy atom. The molecule has 2 aliphatic heterocycles. The van der Waals surface area contributed by atoms with E-state index >= 15 is 0 Å². The summed E-state index contributed by atoms with van der Waals surface area (Å²) in [5, 5.41) is 4.88. The zero-order valence-corrected chi connectivity index (χ0v) is 15.9. The molecule has 3 aliphatic rings. The average molecular weight is 375 g/mol. The lowest BCUT2D eigenvalue weighted by Gasteiger charge is -2.39. The topological polar surface area (TPSA) is 66.1 Å². The number of nitrogens with zero attached hydrogens (tertiary/aromatic N) is 3. The van der Waals surface area contributed by atoms with Gasteiger partial charge in [-0.15, -0.1) is 0 Å². The predicted molar refractivity (Wildman–Crippen MR) is 109 cm³/mol. The van der Waals surface area contributed by atoms with Crippen LogP contribution in [0.5, 0.6) is 5.75 Å². The van der Waals surface area contributed by atoms with Gasteiger partial charge in [0.15, 0.2) is 0 Å². The number of hydrogen-bond donors (Lipinski definition) is 2. The van der Waals surface area contributed by atoms with Gasteiger partial charge in [-0.3, -0.25) is 4.90 Å². The van der Waals surface area contributed by atoms with Crippen LogP contribution in [0, 0.1) is 0 Å². The monoisotopic (exact) mass is 375 g/mol. The lowest BCUT2D eigenvalue weighted by Crippen LogP contribution is -2.47. The lowest BCUT2D eigenvalue weighted by molar-refractivity contribution is 0.124. The normalized spacial score (nSPS) is 24.9. The predicted octanol–water partition coefficient (Wildman–Crippen LogP) is 3.85. The SMILES string of the molecule is c1ccc2c(c1)OCC(N1CCCC1)C2Nc1ncnc2[nH]c(C3CC3)cc12. The molecule has 1 aliphatic carbocycles. The number of H-pyrrole nitrogens is 1. The van der Waals surface area contributed by atoms with Gasteiger partial charge in [0.2, 0.25) is 0 Å². The number of para-hydroxylation sites is 1. The Labute approximate surface area is 164 Å². The maximum Gasteiger partial charge on any atom is 0.143 e. The summed E-state index contributed by atoms with van der Waals surface area (Å²) in [5.41, 5.74) is 3.44. The first kappa shape index (κ1) is 16.4. The molecule has 2 N–H and O–H groups in total. The fraction of sp³-hybridized carbons (Fsp3) is 0.455. The smallest absolute Gasteiger partial charge is 0.143 e. The van der Waals surface area contributed by atoms with Crippen LogP contribution in [0.25, 0.3) is 11.0 Å². The number of anilines is 1. The van der Waals surface area contributed by atoms with Crippen LogP contribution in [-0.4, -0.2) is 45.6 Å². The van der Waals surface area contributed by atoms with E-state index in [0.717, 1.165) is 35.7 Å². The van der Waals surface area contributed by atoms with Crippen LogP contribution in [-0.2, 0) is 0 Å². The van der Waals surface area contributed by atoms with Gasteiger partial charge in [-0.2, -0.15) is 0 Å². The maximum atomic E-state index is 6.13. The Morgan fingerprint density at radius 1 is 1.11 bits per heavy atom. The largest absolute Gasteiger partial charge is 0.491 e. The van der Waals surface area contributed by atoms with Crippen LogP contribution in [0.1, 0.15) is 48.9 Å². The molecule has 2 aromatic heterocycles. The van der Waals surface area contributed by atoms with E-state index in [1.807, 2.05) is 6.07 Å². The number of ether oxygens (including phenoxy) is 1. The minimum atomic E-state index is 0.153.